The van der Waals surface area contributed by atoms with Crippen molar-refractivity contribution < 1.29 is 47.8 Å². The zero-order chi connectivity index (χ0) is 32.0. The van der Waals surface area contributed by atoms with E-state index < -0.39 is 51.8 Å². The number of esters is 2. The van der Waals surface area contributed by atoms with Gasteiger partial charge < -0.3 is 24.6 Å². The fraction of sp³-hybridized carbons (Fsp3) is 0.688. The average molecular weight is 631 g/mol. The van der Waals surface area contributed by atoms with Crippen molar-refractivity contribution in [2.75, 3.05) is 26.4 Å². The highest BCUT2D eigenvalue weighted by atomic mass is 31.2. The van der Waals surface area contributed by atoms with Crippen LogP contribution in [0.15, 0.2) is 48.6 Å². The Morgan fingerprint density at radius 3 is 1.91 bits per heavy atom. The zero-order valence-electron chi connectivity index (χ0n) is 26.1. The lowest BCUT2D eigenvalue weighted by molar-refractivity contribution is -0.161. The molecule has 0 saturated heterocycles. The molecule has 0 amide bonds. The van der Waals surface area contributed by atoms with E-state index >= 15 is 0 Å². The summed E-state index contributed by atoms with van der Waals surface area (Å²) in [4.78, 5) is 34.4. The van der Waals surface area contributed by atoms with Gasteiger partial charge >= 0.3 is 19.8 Å². The van der Waals surface area contributed by atoms with E-state index in [1.165, 1.54) is 38.5 Å². The van der Waals surface area contributed by atoms with Crippen LogP contribution in [-0.2, 0) is 32.7 Å². The molecule has 11 heteroatoms. The monoisotopic (exact) mass is 630 g/mol. The van der Waals surface area contributed by atoms with Crippen LogP contribution < -0.4 is 0 Å². The number of hydrogen-bond acceptors (Lipinski definition) is 9. The van der Waals surface area contributed by atoms with Gasteiger partial charge in [-0.2, -0.15) is 0 Å². The van der Waals surface area contributed by atoms with Gasteiger partial charge in [0.05, 0.1) is 19.8 Å². The number of ether oxygens (including phenoxy) is 2. The molecule has 0 rings (SSSR count). The first kappa shape index (κ1) is 40.9. The fourth-order valence-electron chi connectivity index (χ4n) is 3.57. The summed E-state index contributed by atoms with van der Waals surface area (Å²) in [6.45, 7) is 2.02. The summed E-state index contributed by atoms with van der Waals surface area (Å²) >= 11 is 0. The lowest BCUT2D eigenvalue weighted by Crippen LogP contribution is -2.29. The average Bonchev–Trinajstić information content (AvgIpc) is 2.99. The molecule has 0 radical (unpaired) electrons. The van der Waals surface area contributed by atoms with Crippen LogP contribution in [0.2, 0.25) is 0 Å². The minimum absolute atomic E-state index is 0.0651. The van der Waals surface area contributed by atoms with Crippen molar-refractivity contribution in [1.29, 1.82) is 0 Å². The molecule has 0 bridgehead atoms. The molecular weight excluding hydrogens is 575 g/mol. The van der Waals surface area contributed by atoms with Gasteiger partial charge in [-0.3, -0.25) is 18.6 Å². The fourth-order valence-corrected chi connectivity index (χ4v) is 4.36. The molecule has 10 nitrogen and oxygen atoms in total. The molecule has 3 N–H and O–H groups in total. The Kier molecular flexibility index (Phi) is 27.3. The highest BCUT2D eigenvalue weighted by Gasteiger charge is 2.27. The topological polar surface area (TPSA) is 149 Å². The lowest BCUT2D eigenvalue weighted by Gasteiger charge is -2.20. The standard InChI is InChI=1S/C32H55O10P/c1-3-5-7-9-11-12-13-14-15-16-18-20-22-24-32(36)42-30(28-41-43(37,38)40-26-29(34)25-33)27-39-31(35)23-21-19-17-10-8-6-4-2/h6,8,14-15,17-20,29-30,33-34H,3-5,7,9-13,16,21-28H2,1-2H3,(H,37,38)/b8-6+,15-14+,19-17+,20-18+/t29-,30?/m0/s1. The summed E-state index contributed by atoms with van der Waals surface area (Å²) in [5.41, 5.74) is 0. The maximum atomic E-state index is 12.4. The van der Waals surface area contributed by atoms with Gasteiger partial charge in [0, 0.05) is 12.8 Å². The number of aliphatic hydroxyl groups excluding tert-OH is 2. The second-order valence-corrected chi connectivity index (χ2v) is 11.5. The lowest BCUT2D eigenvalue weighted by atomic mass is 10.1. The SMILES string of the molecule is CC/C=C/C/C=C/CCC(=O)OCC(COP(=O)(O)OC[C@@H](O)CO)OC(=O)CC/C=C/C/C=C/CCCCCCCC. The summed E-state index contributed by atoms with van der Waals surface area (Å²) in [6, 6.07) is 0. The van der Waals surface area contributed by atoms with Gasteiger partial charge in [-0.05, 0) is 44.9 Å². The van der Waals surface area contributed by atoms with Gasteiger partial charge in [0.1, 0.15) is 12.7 Å². The number of hydrogen-bond donors (Lipinski definition) is 3. The Labute approximate surface area is 258 Å². The molecule has 0 fully saturated rings. The number of carbonyl (C=O) groups excluding carboxylic acids is 2. The van der Waals surface area contributed by atoms with E-state index in [0.717, 1.165) is 25.7 Å². The molecule has 3 atom stereocenters. The number of allylic oxidation sites excluding steroid dienone is 8. The van der Waals surface area contributed by atoms with Crippen LogP contribution in [0.4, 0.5) is 0 Å². The van der Waals surface area contributed by atoms with Crippen molar-refractivity contribution >= 4 is 19.8 Å². The van der Waals surface area contributed by atoms with Crippen LogP contribution in [0.3, 0.4) is 0 Å². The van der Waals surface area contributed by atoms with E-state index in [2.05, 4.69) is 36.6 Å². The first-order valence-electron chi connectivity index (χ1n) is 15.6. The first-order chi connectivity index (χ1) is 20.7. The van der Waals surface area contributed by atoms with E-state index in [0.29, 0.717) is 12.8 Å². The molecule has 0 aliphatic rings. The van der Waals surface area contributed by atoms with Gasteiger partial charge in [-0.1, -0.05) is 94.6 Å². The van der Waals surface area contributed by atoms with E-state index in [4.69, 9.17) is 19.1 Å². The highest BCUT2D eigenvalue weighted by molar-refractivity contribution is 7.47. The molecule has 0 aromatic rings. The Hall–Kier alpha value is -2.07. The number of carbonyl (C=O) groups is 2. The summed E-state index contributed by atoms with van der Waals surface area (Å²) in [5, 5.41) is 18.1. The predicted octanol–water partition coefficient (Wildman–Crippen LogP) is 6.65. The largest absolute Gasteiger partial charge is 0.472 e. The molecule has 248 valence electrons. The molecular formula is C32H55O10P. The van der Waals surface area contributed by atoms with Crippen molar-refractivity contribution in [1.82, 2.24) is 0 Å². The van der Waals surface area contributed by atoms with Crippen LogP contribution in [-0.4, -0.2) is 65.7 Å². The summed E-state index contributed by atoms with van der Waals surface area (Å²) in [5.74, 6) is -1.10. The first-order valence-corrected chi connectivity index (χ1v) is 17.1. The van der Waals surface area contributed by atoms with Crippen LogP contribution in [0, 0.1) is 0 Å². The normalized spacial score (nSPS) is 15.0. The number of phosphoric ester groups is 1. The van der Waals surface area contributed by atoms with Crippen LogP contribution in [0.25, 0.3) is 0 Å². The Bertz CT molecular complexity index is 868. The van der Waals surface area contributed by atoms with Crippen molar-refractivity contribution in [2.45, 2.75) is 116 Å². The smallest absolute Gasteiger partial charge is 0.462 e. The minimum atomic E-state index is -4.62. The summed E-state index contributed by atoms with van der Waals surface area (Å²) < 4.78 is 32.1. The van der Waals surface area contributed by atoms with Gasteiger partial charge in [0.25, 0.3) is 0 Å². The third-order valence-electron chi connectivity index (χ3n) is 5.99. The van der Waals surface area contributed by atoms with E-state index in [-0.39, 0.29) is 19.4 Å². The van der Waals surface area contributed by atoms with E-state index in [1.54, 1.807) is 0 Å². The minimum Gasteiger partial charge on any atom is -0.462 e. The van der Waals surface area contributed by atoms with Crippen LogP contribution in [0.5, 0.6) is 0 Å². The third kappa shape index (κ3) is 28.5. The number of phosphoric acid groups is 1. The molecule has 43 heavy (non-hydrogen) atoms. The Morgan fingerprint density at radius 2 is 1.28 bits per heavy atom. The predicted molar refractivity (Wildman–Crippen MR) is 168 cm³/mol. The molecule has 0 saturated carbocycles. The molecule has 0 heterocycles. The molecule has 0 aromatic heterocycles. The summed E-state index contributed by atoms with van der Waals surface area (Å²) in [7, 11) is -4.62. The maximum Gasteiger partial charge on any atom is 0.472 e. The third-order valence-corrected chi connectivity index (χ3v) is 6.94. The molecule has 0 aliphatic carbocycles. The Morgan fingerprint density at radius 1 is 0.721 bits per heavy atom. The van der Waals surface area contributed by atoms with Crippen LogP contribution in [0.1, 0.15) is 104 Å². The van der Waals surface area contributed by atoms with E-state index in [1.807, 2.05) is 30.4 Å². The van der Waals surface area contributed by atoms with Crippen molar-refractivity contribution in [3.05, 3.63) is 48.6 Å². The molecule has 2 unspecified atom stereocenters. The van der Waals surface area contributed by atoms with Crippen molar-refractivity contribution in [3.63, 3.8) is 0 Å². The molecule has 0 aromatic carbocycles. The van der Waals surface area contributed by atoms with Gasteiger partial charge in [-0.15, -0.1) is 0 Å². The number of rotatable bonds is 28. The van der Waals surface area contributed by atoms with Gasteiger partial charge in [0.15, 0.2) is 6.10 Å². The van der Waals surface area contributed by atoms with Crippen molar-refractivity contribution in [3.8, 4) is 0 Å². The van der Waals surface area contributed by atoms with E-state index in [9.17, 15) is 24.2 Å². The highest BCUT2D eigenvalue weighted by Crippen LogP contribution is 2.43. The zero-order valence-corrected chi connectivity index (χ0v) is 27.0. The Balaban J connectivity index is 4.61. The number of aliphatic hydroxyl groups is 2. The summed E-state index contributed by atoms with van der Waals surface area (Å²) in [6.07, 6.45) is 25.9. The maximum absolute atomic E-state index is 12.4. The molecule has 0 aliphatic heterocycles. The second kappa shape index (κ2) is 28.7. The number of unbranched alkanes of at least 4 members (excludes halogenated alkanes) is 6. The van der Waals surface area contributed by atoms with Crippen LogP contribution >= 0.6 is 7.82 Å². The van der Waals surface area contributed by atoms with Crippen molar-refractivity contribution in [2.24, 2.45) is 0 Å². The van der Waals surface area contributed by atoms with Gasteiger partial charge in [-0.25, -0.2) is 4.57 Å². The quantitative estimate of drug-likeness (QED) is 0.0371. The second-order valence-electron chi connectivity index (χ2n) is 10.1. The molecule has 0 spiro atoms. The van der Waals surface area contributed by atoms with Gasteiger partial charge in [0.2, 0.25) is 0 Å².